The minimum Gasteiger partial charge on any atom is -0.494 e. The molecule has 1 aromatic rings. The summed E-state index contributed by atoms with van der Waals surface area (Å²) in [5.74, 6) is -2.06. The van der Waals surface area contributed by atoms with Gasteiger partial charge in [0.15, 0.2) is 5.75 Å². The van der Waals surface area contributed by atoms with E-state index in [1.54, 1.807) is 6.07 Å². The summed E-state index contributed by atoms with van der Waals surface area (Å²) in [5.41, 5.74) is 1.40. The topological polar surface area (TPSA) is 55.8 Å². The molecule has 0 aromatic heterocycles. The average Bonchev–Trinajstić information content (AvgIpc) is 2.52. The SMILES string of the molecule is COc1c(/C(C)=C(/F)C(=O)O)cc2c(c1Cl)OC(C)(C)C=C2C(C)C. The molecule has 1 aromatic carbocycles. The molecule has 0 bridgehead atoms. The Morgan fingerprint density at radius 2 is 2.00 bits per heavy atom. The van der Waals surface area contributed by atoms with E-state index in [0.29, 0.717) is 16.9 Å². The molecule has 0 atom stereocenters. The van der Waals surface area contributed by atoms with Gasteiger partial charge in [-0.2, -0.15) is 4.39 Å². The molecule has 4 nitrogen and oxygen atoms in total. The van der Waals surface area contributed by atoms with Crippen molar-refractivity contribution in [2.75, 3.05) is 7.11 Å². The first kappa shape index (κ1) is 19.3. The number of hydrogen-bond donors (Lipinski definition) is 1. The van der Waals surface area contributed by atoms with Crippen molar-refractivity contribution in [2.24, 2.45) is 5.92 Å². The quantitative estimate of drug-likeness (QED) is 0.728. The molecule has 0 unspecified atom stereocenters. The molecule has 25 heavy (non-hydrogen) atoms. The van der Waals surface area contributed by atoms with E-state index >= 15 is 0 Å². The standard InChI is InChI=1S/C19H22ClFO4/c1-9(2)13-8-19(4,5)25-17-12(13)7-11(16(24-6)14(17)20)10(3)15(21)18(22)23/h7-9H,1-6H3,(H,22,23)/b15-10+. The van der Waals surface area contributed by atoms with E-state index in [2.05, 4.69) is 0 Å². The monoisotopic (exact) mass is 368 g/mol. The molecule has 0 aliphatic carbocycles. The molecule has 1 aliphatic heterocycles. The fourth-order valence-electron chi connectivity index (χ4n) is 2.91. The fraction of sp³-hybridized carbons (Fsp3) is 0.421. The van der Waals surface area contributed by atoms with Crippen LogP contribution >= 0.6 is 11.6 Å². The molecule has 2 rings (SSSR count). The smallest absolute Gasteiger partial charge is 0.365 e. The van der Waals surface area contributed by atoms with E-state index in [4.69, 9.17) is 26.2 Å². The van der Waals surface area contributed by atoms with E-state index in [1.807, 2.05) is 33.8 Å². The van der Waals surface area contributed by atoms with Gasteiger partial charge in [0.05, 0.1) is 7.11 Å². The van der Waals surface area contributed by atoms with Crippen LogP contribution in [0.1, 0.15) is 45.7 Å². The van der Waals surface area contributed by atoms with Crippen molar-refractivity contribution in [3.63, 3.8) is 0 Å². The van der Waals surface area contributed by atoms with Gasteiger partial charge in [-0.1, -0.05) is 25.4 Å². The van der Waals surface area contributed by atoms with Crippen molar-refractivity contribution in [3.05, 3.63) is 34.1 Å². The van der Waals surface area contributed by atoms with Gasteiger partial charge in [-0.15, -0.1) is 0 Å². The third-order valence-corrected chi connectivity index (χ3v) is 4.45. The van der Waals surface area contributed by atoms with Gasteiger partial charge in [0, 0.05) is 16.7 Å². The Morgan fingerprint density at radius 3 is 2.48 bits per heavy atom. The second kappa shape index (κ2) is 6.71. The molecule has 1 N–H and O–H groups in total. The minimum atomic E-state index is -1.63. The van der Waals surface area contributed by atoms with Crippen LogP contribution < -0.4 is 9.47 Å². The highest BCUT2D eigenvalue weighted by atomic mass is 35.5. The number of carboxylic acids is 1. The van der Waals surface area contributed by atoms with Crippen molar-refractivity contribution in [1.82, 2.24) is 0 Å². The minimum absolute atomic E-state index is 0.0537. The highest BCUT2D eigenvalue weighted by Crippen LogP contribution is 2.50. The fourth-order valence-corrected chi connectivity index (χ4v) is 3.23. The number of methoxy groups -OCH3 is 1. The zero-order valence-electron chi connectivity index (χ0n) is 15.2. The van der Waals surface area contributed by atoms with Gasteiger partial charge in [0.2, 0.25) is 5.83 Å². The molecule has 0 saturated heterocycles. The number of aliphatic carboxylic acids is 1. The summed E-state index contributed by atoms with van der Waals surface area (Å²) in [6.07, 6.45) is 2.00. The number of ether oxygens (including phenoxy) is 2. The Kier molecular flexibility index (Phi) is 5.19. The molecule has 0 radical (unpaired) electrons. The van der Waals surface area contributed by atoms with Crippen LogP contribution in [0.5, 0.6) is 11.5 Å². The van der Waals surface area contributed by atoms with Gasteiger partial charge < -0.3 is 14.6 Å². The largest absolute Gasteiger partial charge is 0.494 e. The van der Waals surface area contributed by atoms with Gasteiger partial charge in [-0.05, 0) is 44.4 Å². The van der Waals surface area contributed by atoms with Crippen LogP contribution in [0.3, 0.4) is 0 Å². The predicted molar refractivity (Wildman–Crippen MR) is 96.9 cm³/mol. The number of hydrogen-bond acceptors (Lipinski definition) is 3. The molecule has 6 heteroatoms. The lowest BCUT2D eigenvalue weighted by molar-refractivity contribution is -0.134. The van der Waals surface area contributed by atoms with Crippen molar-refractivity contribution >= 4 is 28.7 Å². The van der Waals surface area contributed by atoms with Crippen LogP contribution in [0.4, 0.5) is 4.39 Å². The van der Waals surface area contributed by atoms with Crippen LogP contribution in [0.2, 0.25) is 5.02 Å². The summed E-state index contributed by atoms with van der Waals surface area (Å²) in [6, 6.07) is 1.68. The lowest BCUT2D eigenvalue weighted by Crippen LogP contribution is -2.30. The maximum Gasteiger partial charge on any atom is 0.365 e. The van der Waals surface area contributed by atoms with Crippen LogP contribution in [-0.2, 0) is 4.79 Å². The summed E-state index contributed by atoms with van der Waals surface area (Å²) in [4.78, 5) is 11.0. The number of carbonyl (C=O) groups is 1. The lowest BCUT2D eigenvalue weighted by atomic mass is 9.86. The molecule has 1 heterocycles. The molecule has 136 valence electrons. The number of carboxylic acid groups (broad SMARTS) is 1. The predicted octanol–water partition coefficient (Wildman–Crippen LogP) is 5.34. The Morgan fingerprint density at radius 1 is 1.40 bits per heavy atom. The van der Waals surface area contributed by atoms with Gasteiger partial charge in [0.1, 0.15) is 16.4 Å². The van der Waals surface area contributed by atoms with Gasteiger partial charge in [0.25, 0.3) is 0 Å². The maximum absolute atomic E-state index is 14.0. The summed E-state index contributed by atoms with van der Waals surface area (Å²) in [6.45, 7) is 9.30. The lowest BCUT2D eigenvalue weighted by Gasteiger charge is -2.34. The highest BCUT2D eigenvalue weighted by Gasteiger charge is 2.32. The highest BCUT2D eigenvalue weighted by molar-refractivity contribution is 6.34. The Hall–Kier alpha value is -2.01. The van der Waals surface area contributed by atoms with Crippen LogP contribution in [0, 0.1) is 5.92 Å². The van der Waals surface area contributed by atoms with Crippen LogP contribution in [0.15, 0.2) is 18.0 Å². The summed E-state index contributed by atoms with van der Waals surface area (Å²) in [5, 5.41) is 9.15. The van der Waals surface area contributed by atoms with Gasteiger partial charge in [-0.25, -0.2) is 4.79 Å². The van der Waals surface area contributed by atoms with E-state index in [-0.39, 0.29) is 22.3 Å². The third-order valence-electron chi connectivity index (χ3n) is 4.10. The maximum atomic E-state index is 14.0. The molecule has 0 saturated carbocycles. The number of fused-ring (bicyclic) bond motifs is 1. The van der Waals surface area contributed by atoms with Gasteiger partial charge >= 0.3 is 5.97 Å². The number of rotatable bonds is 4. The Bertz CT molecular complexity index is 791. The first-order chi connectivity index (χ1) is 11.5. The first-order valence-corrected chi connectivity index (χ1v) is 8.30. The Labute approximate surface area is 151 Å². The number of allylic oxidation sites excluding steroid dienone is 2. The zero-order chi connectivity index (χ0) is 19.1. The number of benzene rings is 1. The Balaban J connectivity index is 2.85. The van der Waals surface area contributed by atoms with Crippen molar-refractivity contribution < 1.29 is 23.8 Å². The first-order valence-electron chi connectivity index (χ1n) is 7.92. The summed E-state index contributed by atoms with van der Waals surface area (Å²) >= 11 is 6.49. The van der Waals surface area contributed by atoms with E-state index < -0.39 is 17.4 Å². The molecule has 0 spiro atoms. The second-order valence-corrected chi connectivity index (χ2v) is 7.23. The van der Waals surface area contributed by atoms with Gasteiger partial charge in [-0.3, -0.25) is 0 Å². The van der Waals surface area contributed by atoms with Crippen LogP contribution in [0.25, 0.3) is 11.1 Å². The molecule has 0 amide bonds. The van der Waals surface area contributed by atoms with E-state index in [9.17, 15) is 9.18 Å². The van der Waals surface area contributed by atoms with Crippen molar-refractivity contribution in [3.8, 4) is 11.5 Å². The van der Waals surface area contributed by atoms with E-state index in [0.717, 1.165) is 5.57 Å². The van der Waals surface area contributed by atoms with Crippen molar-refractivity contribution in [2.45, 2.75) is 40.2 Å². The van der Waals surface area contributed by atoms with Crippen molar-refractivity contribution in [1.29, 1.82) is 0 Å². The summed E-state index contributed by atoms with van der Waals surface area (Å²) < 4.78 is 25.3. The molecule has 0 fully saturated rings. The number of halogens is 2. The molecular formula is C19H22ClFO4. The van der Waals surface area contributed by atoms with E-state index in [1.165, 1.54) is 14.0 Å². The molecule has 1 aliphatic rings. The molecular weight excluding hydrogens is 347 g/mol. The average molecular weight is 369 g/mol. The van der Waals surface area contributed by atoms with Crippen LogP contribution in [-0.4, -0.2) is 23.8 Å². The zero-order valence-corrected chi connectivity index (χ0v) is 15.9. The normalized spacial score (nSPS) is 16.6. The third kappa shape index (κ3) is 3.52. The second-order valence-electron chi connectivity index (χ2n) is 6.85. The summed E-state index contributed by atoms with van der Waals surface area (Å²) in [7, 11) is 1.40.